The summed E-state index contributed by atoms with van der Waals surface area (Å²) in [7, 11) is 0. The van der Waals surface area contributed by atoms with Gasteiger partial charge >= 0.3 is 0 Å². The van der Waals surface area contributed by atoms with Gasteiger partial charge in [-0.3, -0.25) is 4.68 Å². The number of aliphatic hydroxyl groups excluding tert-OH is 1. The molecule has 0 aliphatic rings. The minimum atomic E-state index is -0.365. The Morgan fingerprint density at radius 1 is 0.923 bits per heavy atom. The van der Waals surface area contributed by atoms with E-state index < -0.39 is 0 Å². The van der Waals surface area contributed by atoms with Crippen LogP contribution in [0.15, 0.2) is 72.9 Å². The molecule has 0 saturated carbocycles. The first-order valence-electron chi connectivity index (χ1n) is 8.91. The maximum Gasteiger partial charge on any atom is 0.0923 e. The molecular weight excluding hydrogens is 322 g/mol. The van der Waals surface area contributed by atoms with Crippen molar-refractivity contribution >= 4 is 10.9 Å². The van der Waals surface area contributed by atoms with E-state index in [2.05, 4.69) is 35.4 Å². The summed E-state index contributed by atoms with van der Waals surface area (Å²) in [6, 6.07) is 22.5. The van der Waals surface area contributed by atoms with E-state index in [-0.39, 0.29) is 6.10 Å². The third kappa shape index (κ3) is 3.37. The topological polar surface area (TPSA) is 50.9 Å². The molecule has 0 unspecified atom stereocenters. The molecule has 130 valence electrons. The van der Waals surface area contributed by atoms with E-state index in [1.165, 1.54) is 0 Å². The lowest BCUT2D eigenvalue weighted by Gasteiger charge is -2.07. The summed E-state index contributed by atoms with van der Waals surface area (Å²) in [5, 5.41) is 15.5. The third-order valence-corrected chi connectivity index (χ3v) is 4.56. The van der Waals surface area contributed by atoms with Crippen LogP contribution in [0.1, 0.15) is 13.3 Å². The van der Waals surface area contributed by atoms with Crippen molar-refractivity contribution in [2.45, 2.75) is 26.0 Å². The molecule has 2 aromatic heterocycles. The molecule has 4 heteroatoms. The minimum absolute atomic E-state index is 0.365. The van der Waals surface area contributed by atoms with Gasteiger partial charge in [0.05, 0.1) is 29.6 Å². The van der Waals surface area contributed by atoms with Gasteiger partial charge in [-0.1, -0.05) is 49.4 Å². The largest absolute Gasteiger partial charge is 0.391 e. The zero-order valence-electron chi connectivity index (χ0n) is 14.7. The Morgan fingerprint density at radius 2 is 1.73 bits per heavy atom. The first kappa shape index (κ1) is 16.5. The van der Waals surface area contributed by atoms with E-state index >= 15 is 0 Å². The Hall–Kier alpha value is -2.98. The maximum atomic E-state index is 9.80. The van der Waals surface area contributed by atoms with Crippen LogP contribution in [0.3, 0.4) is 0 Å². The van der Waals surface area contributed by atoms with Crippen molar-refractivity contribution in [3.8, 4) is 22.5 Å². The lowest BCUT2D eigenvalue weighted by atomic mass is 10.0. The number of aromatic nitrogens is 3. The van der Waals surface area contributed by atoms with E-state index in [0.29, 0.717) is 6.54 Å². The number of hydrogen-bond acceptors (Lipinski definition) is 3. The van der Waals surface area contributed by atoms with Crippen molar-refractivity contribution in [1.82, 2.24) is 14.8 Å². The number of pyridine rings is 1. The molecule has 4 aromatic rings. The van der Waals surface area contributed by atoms with Crippen molar-refractivity contribution in [3.63, 3.8) is 0 Å². The summed E-state index contributed by atoms with van der Waals surface area (Å²) in [5.74, 6) is 0. The molecule has 0 saturated heterocycles. The number of hydrogen-bond donors (Lipinski definition) is 1. The van der Waals surface area contributed by atoms with Crippen molar-refractivity contribution in [1.29, 1.82) is 0 Å². The van der Waals surface area contributed by atoms with Crippen LogP contribution in [0, 0.1) is 0 Å². The average molecular weight is 343 g/mol. The van der Waals surface area contributed by atoms with Gasteiger partial charge < -0.3 is 5.11 Å². The normalized spacial score (nSPS) is 12.4. The summed E-state index contributed by atoms with van der Waals surface area (Å²) < 4.78 is 1.80. The fraction of sp³-hybridized carbons (Fsp3) is 0.182. The maximum absolute atomic E-state index is 9.80. The predicted octanol–water partition coefficient (Wildman–Crippen LogP) is 4.54. The molecule has 2 heterocycles. The van der Waals surface area contributed by atoms with E-state index in [1.807, 2.05) is 49.5 Å². The number of rotatable bonds is 5. The van der Waals surface area contributed by atoms with Crippen molar-refractivity contribution < 1.29 is 5.11 Å². The van der Waals surface area contributed by atoms with E-state index in [9.17, 15) is 5.11 Å². The average Bonchev–Trinajstić information content (AvgIpc) is 3.16. The van der Waals surface area contributed by atoms with Crippen molar-refractivity contribution in [3.05, 3.63) is 72.9 Å². The highest BCUT2D eigenvalue weighted by molar-refractivity contribution is 5.82. The van der Waals surface area contributed by atoms with E-state index in [4.69, 9.17) is 4.98 Å². The van der Waals surface area contributed by atoms with Gasteiger partial charge in [-0.05, 0) is 30.7 Å². The Morgan fingerprint density at radius 3 is 2.58 bits per heavy atom. The summed E-state index contributed by atoms with van der Waals surface area (Å²) in [4.78, 5) is 4.78. The third-order valence-electron chi connectivity index (χ3n) is 4.56. The van der Waals surface area contributed by atoms with E-state index in [1.54, 1.807) is 4.68 Å². The molecule has 0 aliphatic heterocycles. The molecule has 4 nitrogen and oxygen atoms in total. The second-order valence-electron chi connectivity index (χ2n) is 6.46. The van der Waals surface area contributed by atoms with Crippen LogP contribution in [0.5, 0.6) is 0 Å². The molecule has 0 radical (unpaired) electrons. The van der Waals surface area contributed by atoms with Crippen molar-refractivity contribution in [2.75, 3.05) is 0 Å². The lowest BCUT2D eigenvalue weighted by molar-refractivity contribution is 0.145. The Labute approximate surface area is 152 Å². The van der Waals surface area contributed by atoms with Crippen LogP contribution in [-0.4, -0.2) is 26.0 Å². The predicted molar refractivity (Wildman–Crippen MR) is 105 cm³/mol. The van der Waals surface area contributed by atoms with Crippen LogP contribution in [0.25, 0.3) is 33.4 Å². The summed E-state index contributed by atoms with van der Waals surface area (Å²) in [6.07, 6.45) is 2.27. The zero-order chi connectivity index (χ0) is 17.9. The highest BCUT2D eigenvalue weighted by atomic mass is 16.3. The molecular formula is C22H21N3O. The number of para-hydroxylation sites is 1. The Balaban J connectivity index is 1.65. The Bertz CT molecular complexity index is 1040. The number of fused-ring (bicyclic) bond motifs is 1. The SMILES string of the molecule is CC[C@@H](O)Cn1ccc(-c2cccc(-c3ccc4ccccc4n3)c2)n1. The van der Waals surface area contributed by atoms with Crippen LogP contribution < -0.4 is 0 Å². The van der Waals surface area contributed by atoms with Gasteiger partial charge in [-0.2, -0.15) is 5.10 Å². The summed E-state index contributed by atoms with van der Waals surface area (Å²) in [5.41, 5.74) is 4.95. The highest BCUT2D eigenvalue weighted by Gasteiger charge is 2.08. The quantitative estimate of drug-likeness (QED) is 0.579. The molecule has 2 aromatic carbocycles. The monoisotopic (exact) mass is 343 g/mol. The molecule has 0 bridgehead atoms. The standard InChI is InChI=1S/C22H21N3O/c1-2-19(26)15-25-13-12-22(24-25)18-8-5-7-17(14-18)21-11-10-16-6-3-4-9-20(16)23-21/h3-14,19,26H,2,15H2,1H3/t19-/m1/s1. The van der Waals surface area contributed by atoms with Crippen LogP contribution in [-0.2, 0) is 6.54 Å². The molecule has 1 N–H and O–H groups in total. The second-order valence-corrected chi connectivity index (χ2v) is 6.46. The van der Waals surface area contributed by atoms with Gasteiger partial charge in [0, 0.05) is 22.7 Å². The molecule has 0 amide bonds. The first-order chi connectivity index (χ1) is 12.7. The molecule has 26 heavy (non-hydrogen) atoms. The van der Waals surface area contributed by atoms with E-state index in [0.717, 1.165) is 39.8 Å². The highest BCUT2D eigenvalue weighted by Crippen LogP contribution is 2.26. The molecule has 0 aliphatic carbocycles. The minimum Gasteiger partial charge on any atom is -0.391 e. The Kier molecular flexibility index (Phi) is 4.50. The van der Waals surface area contributed by atoms with Gasteiger partial charge in [0.15, 0.2) is 0 Å². The number of benzene rings is 2. The lowest BCUT2D eigenvalue weighted by Crippen LogP contribution is -2.14. The van der Waals surface area contributed by atoms with Crippen molar-refractivity contribution in [2.24, 2.45) is 0 Å². The van der Waals surface area contributed by atoms with Gasteiger partial charge in [-0.15, -0.1) is 0 Å². The first-order valence-corrected chi connectivity index (χ1v) is 8.91. The summed E-state index contributed by atoms with van der Waals surface area (Å²) in [6.45, 7) is 2.48. The van der Waals surface area contributed by atoms with Gasteiger partial charge in [-0.25, -0.2) is 4.98 Å². The fourth-order valence-corrected chi connectivity index (χ4v) is 3.03. The summed E-state index contributed by atoms with van der Waals surface area (Å²) >= 11 is 0. The van der Waals surface area contributed by atoms with Crippen LogP contribution >= 0.6 is 0 Å². The molecule has 1 atom stereocenters. The second kappa shape index (κ2) is 7.10. The number of aliphatic hydroxyl groups is 1. The molecule has 0 fully saturated rings. The molecule has 0 spiro atoms. The van der Waals surface area contributed by atoms with Crippen LogP contribution in [0.4, 0.5) is 0 Å². The zero-order valence-corrected chi connectivity index (χ0v) is 14.7. The van der Waals surface area contributed by atoms with Gasteiger partial charge in [0.25, 0.3) is 0 Å². The van der Waals surface area contributed by atoms with Crippen LogP contribution in [0.2, 0.25) is 0 Å². The fourth-order valence-electron chi connectivity index (χ4n) is 3.03. The number of nitrogens with zero attached hydrogens (tertiary/aromatic N) is 3. The smallest absolute Gasteiger partial charge is 0.0923 e. The van der Waals surface area contributed by atoms with Gasteiger partial charge in [0.2, 0.25) is 0 Å². The van der Waals surface area contributed by atoms with Gasteiger partial charge in [0.1, 0.15) is 0 Å². The molecule has 4 rings (SSSR count).